The molecule has 0 bridgehead atoms. The molecule has 0 aromatic heterocycles. The van der Waals surface area contributed by atoms with E-state index in [4.69, 9.17) is 28.3 Å². The summed E-state index contributed by atoms with van der Waals surface area (Å²) < 4.78 is 0. The molecule has 3 unspecified atom stereocenters. The van der Waals surface area contributed by atoms with E-state index in [2.05, 4.69) is 0 Å². The number of benzene rings is 1. The number of likely N-dealkylation sites (tertiary alicyclic amines) is 1. The minimum Gasteiger partial charge on any atom is -0.396 e. The summed E-state index contributed by atoms with van der Waals surface area (Å²) >= 11 is 11.9. The summed E-state index contributed by atoms with van der Waals surface area (Å²) in [5, 5.41) is 10.2. The van der Waals surface area contributed by atoms with Crippen LogP contribution in [-0.4, -0.2) is 35.6 Å². The van der Waals surface area contributed by atoms with Crippen molar-refractivity contribution >= 4 is 29.1 Å². The minimum absolute atomic E-state index is 0.0738. The maximum atomic E-state index is 12.4. The van der Waals surface area contributed by atoms with Gasteiger partial charge in [-0.2, -0.15) is 0 Å². The summed E-state index contributed by atoms with van der Waals surface area (Å²) in [5.74, 6) is 0.813. The van der Waals surface area contributed by atoms with Crippen molar-refractivity contribution in [1.82, 2.24) is 4.90 Å². The van der Waals surface area contributed by atoms with Gasteiger partial charge in [-0.3, -0.25) is 4.79 Å². The molecule has 1 saturated heterocycles. The first-order chi connectivity index (χ1) is 9.60. The van der Waals surface area contributed by atoms with Gasteiger partial charge in [0.05, 0.1) is 10.0 Å². The molecule has 20 heavy (non-hydrogen) atoms. The van der Waals surface area contributed by atoms with E-state index in [1.165, 1.54) is 0 Å². The standard InChI is InChI=1S/C15H17Cl2NO2/c16-13-2-1-10(5-14(13)17)11-6-12(11)15(20)18-4-3-9(7-18)8-19/h1-2,5,9,11-12,19H,3-4,6-8H2. The molecule has 0 radical (unpaired) electrons. The van der Waals surface area contributed by atoms with Gasteiger partial charge in [-0.05, 0) is 36.5 Å². The first-order valence-corrected chi connectivity index (χ1v) is 7.70. The summed E-state index contributed by atoms with van der Waals surface area (Å²) in [6.45, 7) is 1.64. The Morgan fingerprint density at radius 3 is 2.80 bits per heavy atom. The Bertz CT molecular complexity index is 535. The number of hydrogen-bond donors (Lipinski definition) is 1. The van der Waals surface area contributed by atoms with Gasteiger partial charge in [-0.1, -0.05) is 29.3 Å². The van der Waals surface area contributed by atoms with Gasteiger partial charge in [0.2, 0.25) is 5.91 Å². The molecule has 1 aromatic rings. The van der Waals surface area contributed by atoms with Gasteiger partial charge in [-0.15, -0.1) is 0 Å². The number of aliphatic hydroxyl groups excluding tert-OH is 1. The van der Waals surface area contributed by atoms with Crippen molar-refractivity contribution in [2.75, 3.05) is 19.7 Å². The zero-order valence-corrected chi connectivity index (χ0v) is 12.6. The third-order valence-electron chi connectivity index (χ3n) is 4.34. The van der Waals surface area contributed by atoms with E-state index in [9.17, 15) is 4.79 Å². The smallest absolute Gasteiger partial charge is 0.226 e. The number of carbonyl (C=O) groups excluding carboxylic acids is 1. The molecule has 108 valence electrons. The molecular formula is C15H17Cl2NO2. The van der Waals surface area contributed by atoms with Crippen LogP contribution in [-0.2, 0) is 4.79 Å². The van der Waals surface area contributed by atoms with Crippen molar-refractivity contribution in [3.8, 4) is 0 Å². The Labute approximate surface area is 128 Å². The lowest BCUT2D eigenvalue weighted by Crippen LogP contribution is -2.30. The van der Waals surface area contributed by atoms with Crippen molar-refractivity contribution in [1.29, 1.82) is 0 Å². The molecule has 1 saturated carbocycles. The van der Waals surface area contributed by atoms with E-state index in [-0.39, 0.29) is 30.3 Å². The summed E-state index contributed by atoms with van der Waals surface area (Å²) in [7, 11) is 0. The highest BCUT2D eigenvalue weighted by Crippen LogP contribution is 2.49. The van der Waals surface area contributed by atoms with Crippen molar-refractivity contribution < 1.29 is 9.90 Å². The molecule has 1 aliphatic heterocycles. The quantitative estimate of drug-likeness (QED) is 0.932. The van der Waals surface area contributed by atoms with Crippen LogP contribution >= 0.6 is 23.2 Å². The van der Waals surface area contributed by atoms with Gasteiger partial charge >= 0.3 is 0 Å². The van der Waals surface area contributed by atoms with Gasteiger partial charge in [-0.25, -0.2) is 0 Å². The number of rotatable bonds is 3. The van der Waals surface area contributed by atoms with Crippen LogP contribution in [0.15, 0.2) is 18.2 Å². The Balaban J connectivity index is 1.64. The molecule has 1 amide bonds. The van der Waals surface area contributed by atoms with Gasteiger partial charge in [0.15, 0.2) is 0 Å². The topological polar surface area (TPSA) is 40.5 Å². The van der Waals surface area contributed by atoms with E-state index in [1.54, 1.807) is 6.07 Å². The van der Waals surface area contributed by atoms with E-state index < -0.39 is 0 Å². The second-order valence-electron chi connectivity index (χ2n) is 5.74. The lowest BCUT2D eigenvalue weighted by Gasteiger charge is -2.16. The molecule has 0 spiro atoms. The highest BCUT2D eigenvalue weighted by atomic mass is 35.5. The molecule has 1 aromatic carbocycles. The number of nitrogens with zero attached hydrogens (tertiary/aromatic N) is 1. The van der Waals surface area contributed by atoms with Gasteiger partial charge in [0.1, 0.15) is 0 Å². The van der Waals surface area contributed by atoms with Crippen LogP contribution in [0.4, 0.5) is 0 Å². The van der Waals surface area contributed by atoms with Gasteiger partial charge in [0.25, 0.3) is 0 Å². The summed E-state index contributed by atoms with van der Waals surface area (Å²) in [5.41, 5.74) is 1.09. The van der Waals surface area contributed by atoms with E-state index in [1.807, 2.05) is 17.0 Å². The van der Waals surface area contributed by atoms with Crippen LogP contribution in [0.25, 0.3) is 0 Å². The largest absolute Gasteiger partial charge is 0.396 e. The number of halogens is 2. The molecule has 3 rings (SSSR count). The normalized spacial score (nSPS) is 28.8. The highest BCUT2D eigenvalue weighted by Gasteiger charge is 2.46. The molecule has 1 heterocycles. The molecule has 1 N–H and O–H groups in total. The number of carbonyl (C=O) groups is 1. The Morgan fingerprint density at radius 1 is 1.35 bits per heavy atom. The lowest BCUT2D eigenvalue weighted by molar-refractivity contribution is -0.131. The van der Waals surface area contributed by atoms with Gasteiger partial charge in [0, 0.05) is 31.5 Å². The monoisotopic (exact) mass is 313 g/mol. The van der Waals surface area contributed by atoms with Crippen molar-refractivity contribution in [2.24, 2.45) is 11.8 Å². The molecule has 5 heteroatoms. The number of amides is 1. The van der Waals surface area contributed by atoms with Crippen molar-refractivity contribution in [2.45, 2.75) is 18.8 Å². The molecule has 2 aliphatic rings. The average Bonchev–Trinajstić information content (AvgIpc) is 3.10. The predicted octanol–water partition coefficient (Wildman–Crippen LogP) is 2.94. The second-order valence-corrected chi connectivity index (χ2v) is 6.56. The predicted molar refractivity (Wildman–Crippen MR) is 79.1 cm³/mol. The second kappa shape index (κ2) is 5.55. The fraction of sp³-hybridized carbons (Fsp3) is 0.533. The zero-order chi connectivity index (χ0) is 14.3. The molecular weight excluding hydrogens is 297 g/mol. The van der Waals surface area contributed by atoms with Crippen LogP contribution in [0, 0.1) is 11.8 Å². The maximum Gasteiger partial charge on any atom is 0.226 e. The zero-order valence-electron chi connectivity index (χ0n) is 11.1. The van der Waals surface area contributed by atoms with E-state index >= 15 is 0 Å². The summed E-state index contributed by atoms with van der Waals surface area (Å²) in [4.78, 5) is 14.3. The van der Waals surface area contributed by atoms with Crippen LogP contribution in [0.5, 0.6) is 0 Å². The minimum atomic E-state index is 0.0738. The Kier molecular flexibility index (Phi) is 3.93. The van der Waals surface area contributed by atoms with Crippen LogP contribution < -0.4 is 0 Å². The third-order valence-corrected chi connectivity index (χ3v) is 5.07. The molecule has 3 nitrogen and oxygen atoms in total. The lowest BCUT2D eigenvalue weighted by atomic mass is 10.1. The van der Waals surface area contributed by atoms with Crippen LogP contribution in [0.2, 0.25) is 10.0 Å². The van der Waals surface area contributed by atoms with Crippen molar-refractivity contribution in [3.63, 3.8) is 0 Å². The SMILES string of the molecule is O=C(C1CC1c1ccc(Cl)c(Cl)c1)N1CCC(CO)C1. The van der Waals surface area contributed by atoms with E-state index in [0.717, 1.165) is 24.9 Å². The first-order valence-electron chi connectivity index (χ1n) is 6.94. The van der Waals surface area contributed by atoms with Gasteiger partial charge < -0.3 is 10.0 Å². The fourth-order valence-electron chi connectivity index (χ4n) is 3.00. The maximum absolute atomic E-state index is 12.4. The Morgan fingerprint density at radius 2 is 2.15 bits per heavy atom. The average molecular weight is 314 g/mol. The summed E-state index contributed by atoms with van der Waals surface area (Å²) in [6.07, 6.45) is 1.80. The fourth-order valence-corrected chi connectivity index (χ4v) is 3.30. The molecule has 1 aliphatic carbocycles. The summed E-state index contributed by atoms with van der Waals surface area (Å²) in [6, 6.07) is 5.60. The molecule has 3 atom stereocenters. The Hall–Kier alpha value is -0.770. The van der Waals surface area contributed by atoms with Crippen LogP contribution in [0.3, 0.4) is 0 Å². The third kappa shape index (κ3) is 2.67. The van der Waals surface area contributed by atoms with Crippen LogP contribution in [0.1, 0.15) is 24.3 Å². The first kappa shape index (κ1) is 14.2. The number of hydrogen-bond acceptors (Lipinski definition) is 2. The highest BCUT2D eigenvalue weighted by molar-refractivity contribution is 6.42. The molecule has 2 fully saturated rings. The number of aliphatic hydroxyl groups is 1. The van der Waals surface area contributed by atoms with Crippen molar-refractivity contribution in [3.05, 3.63) is 33.8 Å². The van der Waals surface area contributed by atoms with E-state index in [0.29, 0.717) is 16.6 Å².